The molecule has 47 heavy (non-hydrogen) atoms. The van der Waals surface area contributed by atoms with E-state index in [1.165, 1.54) is 76.0 Å². The van der Waals surface area contributed by atoms with Gasteiger partial charge in [0.2, 0.25) is 5.69 Å². The molecule has 244 valence electrons. The Morgan fingerprint density at radius 3 is 2.34 bits per heavy atom. The van der Waals surface area contributed by atoms with Gasteiger partial charge in [-0.3, -0.25) is 0 Å². The highest BCUT2D eigenvalue weighted by Gasteiger charge is 2.45. The van der Waals surface area contributed by atoms with Crippen molar-refractivity contribution >= 4 is 22.2 Å². The van der Waals surface area contributed by atoms with Gasteiger partial charge in [-0.05, 0) is 73.2 Å². The van der Waals surface area contributed by atoms with Crippen molar-refractivity contribution in [3.8, 4) is 0 Å². The van der Waals surface area contributed by atoms with Crippen LogP contribution in [0.15, 0.2) is 145 Å². The molecule has 2 aromatic carbocycles. The molecule has 0 saturated heterocycles. The van der Waals surface area contributed by atoms with Gasteiger partial charge in [0.15, 0.2) is 5.71 Å². The number of unbranched alkanes of at least 4 members (excludes halogenated alkanes) is 3. The zero-order valence-electron chi connectivity index (χ0n) is 29.7. The minimum Gasteiger partial charge on any atom is -0.344 e. The highest BCUT2D eigenvalue weighted by atomic mass is 15.2. The minimum absolute atomic E-state index is 0.0189. The third-order valence-electron chi connectivity index (χ3n) is 10.1. The molecule has 3 aliphatic rings. The summed E-state index contributed by atoms with van der Waals surface area (Å²) in [6.45, 7) is 20.0. The first-order valence-corrected chi connectivity index (χ1v) is 17.8. The lowest BCUT2D eigenvalue weighted by molar-refractivity contribution is -0.438. The van der Waals surface area contributed by atoms with Gasteiger partial charge in [0.25, 0.3) is 0 Å². The predicted molar refractivity (Wildman–Crippen MR) is 205 cm³/mol. The SMILES string of the molecule is C=C/C=C\C=C1\C=CC2=C(C1)C(C)(C)/C(=C/C=C/C=C/C=C/C1=[N+](CCCCCC)c3ccc4ccccc4c3C1(C)C)N2CCC. The Kier molecular flexibility index (Phi) is 11.0. The van der Waals surface area contributed by atoms with Gasteiger partial charge in [-0.25, -0.2) is 0 Å². The van der Waals surface area contributed by atoms with Crippen LogP contribution in [0.5, 0.6) is 0 Å². The Balaban J connectivity index is 1.35. The lowest BCUT2D eigenvalue weighted by Crippen LogP contribution is -2.28. The molecule has 0 aromatic heterocycles. The van der Waals surface area contributed by atoms with Crippen molar-refractivity contribution in [3.05, 3.63) is 150 Å². The number of hydrogen-bond donors (Lipinski definition) is 0. The van der Waals surface area contributed by atoms with Crippen LogP contribution in [0.25, 0.3) is 10.8 Å². The Hall–Kier alpha value is -4.17. The van der Waals surface area contributed by atoms with Gasteiger partial charge in [-0.2, -0.15) is 4.58 Å². The molecule has 2 heterocycles. The zero-order valence-corrected chi connectivity index (χ0v) is 29.7. The van der Waals surface area contributed by atoms with Gasteiger partial charge in [-0.1, -0.05) is 132 Å². The van der Waals surface area contributed by atoms with Crippen LogP contribution < -0.4 is 0 Å². The predicted octanol–water partition coefficient (Wildman–Crippen LogP) is 12.0. The van der Waals surface area contributed by atoms with Crippen molar-refractivity contribution in [1.29, 1.82) is 0 Å². The first-order chi connectivity index (χ1) is 22.7. The lowest BCUT2D eigenvalue weighted by atomic mass is 9.78. The average Bonchev–Trinajstić information content (AvgIpc) is 3.41. The second-order valence-corrected chi connectivity index (χ2v) is 14.1. The van der Waals surface area contributed by atoms with E-state index in [9.17, 15) is 0 Å². The van der Waals surface area contributed by atoms with Crippen LogP contribution in [0.2, 0.25) is 0 Å². The van der Waals surface area contributed by atoms with Crippen molar-refractivity contribution in [3.63, 3.8) is 0 Å². The van der Waals surface area contributed by atoms with Crippen LogP contribution in [0.1, 0.15) is 85.6 Å². The van der Waals surface area contributed by atoms with Crippen LogP contribution in [0, 0.1) is 5.41 Å². The maximum atomic E-state index is 3.79. The lowest BCUT2D eigenvalue weighted by Gasteiger charge is -2.28. The van der Waals surface area contributed by atoms with Gasteiger partial charge in [0.05, 0.1) is 5.41 Å². The molecule has 5 rings (SSSR count). The summed E-state index contributed by atoms with van der Waals surface area (Å²) in [5, 5.41) is 2.70. The van der Waals surface area contributed by atoms with Gasteiger partial charge >= 0.3 is 0 Å². The first kappa shape index (κ1) is 34.2. The van der Waals surface area contributed by atoms with Gasteiger partial charge < -0.3 is 4.90 Å². The molecule has 2 aliphatic heterocycles. The standard InChI is InChI=1S/C45H55N2/c1-8-11-13-22-33-47-40-31-29-36-24-20-21-25-37(36)43(40)45(6,7)42(47)27-19-16-14-15-18-26-41-44(4,5)38-34-35(23-17-12-9-2)28-30-39(38)46(41)32-10-3/h9,12,14-21,23-31H,2,8,10-11,13,22,32-34H2,1,3-7H3/q+1/b17-12-,35-23-. The summed E-state index contributed by atoms with van der Waals surface area (Å²) in [7, 11) is 0. The second kappa shape index (κ2) is 15.2. The molecule has 0 radical (unpaired) electrons. The van der Waals surface area contributed by atoms with Gasteiger partial charge in [-0.15, -0.1) is 0 Å². The molecule has 0 fully saturated rings. The third kappa shape index (κ3) is 7.08. The van der Waals surface area contributed by atoms with Gasteiger partial charge in [0, 0.05) is 47.5 Å². The fourth-order valence-corrected chi connectivity index (χ4v) is 7.65. The smallest absolute Gasteiger partial charge is 0.210 e. The molecular formula is C45H55N2+. The minimum atomic E-state index is -0.0695. The Labute approximate surface area is 285 Å². The Bertz CT molecular complexity index is 1760. The molecular weight excluding hydrogens is 569 g/mol. The molecule has 2 aromatic rings. The molecule has 2 heteroatoms. The molecule has 0 spiro atoms. The highest BCUT2D eigenvalue weighted by Crippen LogP contribution is 2.51. The number of hydrogen-bond acceptors (Lipinski definition) is 1. The topological polar surface area (TPSA) is 6.25 Å². The number of nitrogens with zero attached hydrogens (tertiary/aromatic N) is 2. The summed E-state index contributed by atoms with van der Waals surface area (Å²) in [6.07, 6.45) is 35.5. The van der Waals surface area contributed by atoms with Gasteiger partial charge in [0.1, 0.15) is 6.54 Å². The fraction of sp³-hybridized carbons (Fsp3) is 0.356. The molecule has 0 saturated carbocycles. The first-order valence-electron chi connectivity index (χ1n) is 17.8. The van der Waals surface area contributed by atoms with E-state index < -0.39 is 0 Å². The quantitative estimate of drug-likeness (QED) is 0.122. The van der Waals surface area contributed by atoms with E-state index in [0.717, 1.165) is 25.9 Å². The molecule has 0 bridgehead atoms. The Morgan fingerprint density at radius 1 is 0.787 bits per heavy atom. The van der Waals surface area contributed by atoms with Crippen LogP contribution in [-0.4, -0.2) is 28.3 Å². The normalized spacial score (nSPS) is 20.5. The largest absolute Gasteiger partial charge is 0.344 e. The third-order valence-corrected chi connectivity index (χ3v) is 10.1. The second-order valence-electron chi connectivity index (χ2n) is 14.1. The van der Waals surface area contributed by atoms with Crippen LogP contribution >= 0.6 is 0 Å². The monoisotopic (exact) mass is 623 g/mol. The Morgan fingerprint density at radius 2 is 1.55 bits per heavy atom. The van der Waals surface area contributed by atoms with Crippen molar-refractivity contribution in [1.82, 2.24) is 4.90 Å². The van der Waals surface area contributed by atoms with Crippen LogP contribution in [-0.2, 0) is 5.41 Å². The molecule has 0 unspecified atom stereocenters. The zero-order chi connectivity index (χ0) is 33.4. The summed E-state index contributed by atoms with van der Waals surface area (Å²) >= 11 is 0. The van der Waals surface area contributed by atoms with E-state index >= 15 is 0 Å². The summed E-state index contributed by atoms with van der Waals surface area (Å²) < 4.78 is 2.59. The van der Waals surface area contributed by atoms with E-state index in [2.05, 4.69) is 161 Å². The summed E-state index contributed by atoms with van der Waals surface area (Å²) in [5.41, 5.74) is 9.74. The summed E-state index contributed by atoms with van der Waals surface area (Å²) in [6, 6.07) is 13.5. The van der Waals surface area contributed by atoms with Crippen LogP contribution in [0.4, 0.5) is 5.69 Å². The fourth-order valence-electron chi connectivity index (χ4n) is 7.65. The number of fused-ring (bicyclic) bond motifs is 3. The molecule has 0 atom stereocenters. The van der Waals surface area contributed by atoms with Crippen molar-refractivity contribution in [2.75, 3.05) is 13.1 Å². The summed E-state index contributed by atoms with van der Waals surface area (Å²) in [4.78, 5) is 2.53. The maximum absolute atomic E-state index is 3.79. The number of allylic oxidation sites excluding steroid dienone is 15. The number of rotatable bonds is 13. The molecule has 2 nitrogen and oxygen atoms in total. The van der Waals surface area contributed by atoms with E-state index in [0.29, 0.717) is 0 Å². The van der Waals surface area contributed by atoms with Crippen molar-refractivity contribution < 1.29 is 4.58 Å². The van der Waals surface area contributed by atoms with Crippen LogP contribution in [0.3, 0.4) is 0 Å². The molecule has 0 amide bonds. The average molecular weight is 624 g/mol. The van der Waals surface area contributed by atoms with Crippen molar-refractivity contribution in [2.24, 2.45) is 5.41 Å². The summed E-state index contributed by atoms with van der Waals surface area (Å²) in [5.74, 6) is 0. The van der Waals surface area contributed by atoms with E-state index in [4.69, 9.17) is 0 Å². The van der Waals surface area contributed by atoms with E-state index in [1.54, 1.807) is 0 Å². The van der Waals surface area contributed by atoms with Crippen molar-refractivity contribution in [2.45, 2.75) is 85.5 Å². The van der Waals surface area contributed by atoms with E-state index in [1.807, 2.05) is 12.2 Å². The maximum Gasteiger partial charge on any atom is 0.210 e. The molecule has 0 N–H and O–H groups in total. The highest BCUT2D eigenvalue weighted by molar-refractivity contribution is 6.07. The van der Waals surface area contributed by atoms with E-state index in [-0.39, 0.29) is 10.8 Å². The molecule has 1 aliphatic carbocycles. The number of benzene rings is 2.